The molecule has 2 N–H and O–H groups in total. The van der Waals surface area contributed by atoms with Gasteiger partial charge < -0.3 is 20.1 Å². The summed E-state index contributed by atoms with van der Waals surface area (Å²) in [5.41, 5.74) is 0. The number of β-amino-alcohol motifs (C(OH)–C–C–N with tert-alkyl or cyclic N) is 1. The van der Waals surface area contributed by atoms with Crippen LogP contribution in [0.15, 0.2) is 29.3 Å². The highest BCUT2D eigenvalue weighted by Gasteiger charge is 2.23. The fraction of sp³-hybridized carbons (Fsp3) is 0.588. The molecule has 1 fully saturated rings. The molecule has 0 aromatic heterocycles. The Morgan fingerprint density at radius 2 is 2.21 bits per heavy atom. The number of aliphatic imine (C=N–C) groups is 1. The van der Waals surface area contributed by atoms with Gasteiger partial charge in [0.2, 0.25) is 0 Å². The van der Waals surface area contributed by atoms with Crippen molar-refractivity contribution in [1.29, 1.82) is 0 Å². The molecule has 136 valence electrons. The van der Waals surface area contributed by atoms with Gasteiger partial charge >= 0.3 is 0 Å². The van der Waals surface area contributed by atoms with Gasteiger partial charge in [-0.1, -0.05) is 30.7 Å². The van der Waals surface area contributed by atoms with Gasteiger partial charge in [-0.3, -0.25) is 0 Å². The zero-order chi connectivity index (χ0) is 16.7. The zero-order valence-electron chi connectivity index (χ0n) is 14.2. The summed E-state index contributed by atoms with van der Waals surface area (Å²) in [6.45, 7) is 6.93. The predicted octanol–water partition coefficient (Wildman–Crippen LogP) is 3.15. The second-order valence-corrected chi connectivity index (χ2v) is 6.07. The van der Waals surface area contributed by atoms with E-state index in [-0.39, 0.29) is 36.2 Å². The maximum Gasteiger partial charge on any atom is 0.194 e. The summed E-state index contributed by atoms with van der Waals surface area (Å²) < 4.78 is 5.97. The summed E-state index contributed by atoms with van der Waals surface area (Å²) in [6, 6.07) is 7.49. The van der Waals surface area contributed by atoms with E-state index >= 15 is 0 Å². The van der Waals surface area contributed by atoms with E-state index in [0.29, 0.717) is 23.9 Å². The van der Waals surface area contributed by atoms with Gasteiger partial charge in [0.15, 0.2) is 5.96 Å². The standard InChI is InChI=1S/C17H26ClN3O2.HI/c1-3-14(23-16-8-6-5-7-15(16)18)11-20-17(19-4-2)21-10-9-13(22)12-21;/h5-8,13-14,22H,3-4,9-12H2,1-2H3,(H,19,20);1H/t13-,14?;/m1./s1. The molecule has 0 saturated carbocycles. The van der Waals surface area contributed by atoms with Crippen LogP contribution < -0.4 is 10.1 Å². The van der Waals surface area contributed by atoms with E-state index in [1.54, 1.807) is 0 Å². The van der Waals surface area contributed by atoms with E-state index in [9.17, 15) is 5.11 Å². The van der Waals surface area contributed by atoms with E-state index < -0.39 is 0 Å². The topological polar surface area (TPSA) is 57.1 Å². The largest absolute Gasteiger partial charge is 0.487 e. The first-order valence-electron chi connectivity index (χ1n) is 8.26. The normalized spacial score (nSPS) is 18.9. The van der Waals surface area contributed by atoms with Crippen molar-refractivity contribution in [3.8, 4) is 5.75 Å². The van der Waals surface area contributed by atoms with Crippen molar-refractivity contribution in [1.82, 2.24) is 10.2 Å². The fourth-order valence-corrected chi connectivity index (χ4v) is 2.70. The number of benzene rings is 1. The third kappa shape index (κ3) is 6.29. The molecule has 0 radical (unpaired) electrons. The van der Waals surface area contributed by atoms with Gasteiger partial charge in [-0.2, -0.15) is 0 Å². The van der Waals surface area contributed by atoms with Gasteiger partial charge in [0.25, 0.3) is 0 Å². The average Bonchev–Trinajstić information content (AvgIpc) is 2.98. The number of nitrogens with one attached hydrogen (secondary N) is 1. The quantitative estimate of drug-likeness (QED) is 0.383. The summed E-state index contributed by atoms with van der Waals surface area (Å²) >= 11 is 6.15. The lowest BCUT2D eigenvalue weighted by molar-refractivity contribution is 0.187. The first-order chi connectivity index (χ1) is 11.1. The van der Waals surface area contributed by atoms with Crippen molar-refractivity contribution < 1.29 is 9.84 Å². The van der Waals surface area contributed by atoms with Crippen molar-refractivity contribution in [2.45, 2.75) is 38.9 Å². The molecular formula is C17H27ClIN3O2. The SMILES string of the molecule is CCNC(=NCC(CC)Oc1ccccc1Cl)N1CC[C@@H](O)C1.I. The average molecular weight is 468 g/mol. The number of rotatable bonds is 6. The lowest BCUT2D eigenvalue weighted by Gasteiger charge is -2.22. The lowest BCUT2D eigenvalue weighted by Crippen LogP contribution is -2.41. The molecule has 1 aromatic rings. The maximum absolute atomic E-state index is 9.70. The maximum atomic E-state index is 9.70. The Bertz CT molecular complexity index is 530. The minimum Gasteiger partial charge on any atom is -0.487 e. The Balaban J connectivity index is 0.00000288. The Hall–Kier alpha value is -0.730. The molecular weight excluding hydrogens is 441 g/mol. The number of aliphatic hydroxyl groups excluding tert-OH is 1. The Morgan fingerprint density at radius 3 is 2.79 bits per heavy atom. The predicted molar refractivity (Wildman–Crippen MR) is 110 cm³/mol. The number of halogens is 2. The first kappa shape index (κ1) is 21.3. The minimum absolute atomic E-state index is 0. The van der Waals surface area contributed by atoms with Crippen LogP contribution in [0.3, 0.4) is 0 Å². The van der Waals surface area contributed by atoms with Crippen LogP contribution in [0.25, 0.3) is 0 Å². The zero-order valence-corrected chi connectivity index (χ0v) is 17.3. The van der Waals surface area contributed by atoms with E-state index in [1.165, 1.54) is 0 Å². The van der Waals surface area contributed by atoms with Gasteiger partial charge in [0.1, 0.15) is 11.9 Å². The van der Waals surface area contributed by atoms with Crippen LogP contribution in [-0.2, 0) is 0 Å². The number of likely N-dealkylation sites (tertiary alicyclic amines) is 1. The first-order valence-corrected chi connectivity index (χ1v) is 8.64. The number of guanidine groups is 1. The molecule has 2 atom stereocenters. The summed E-state index contributed by atoms with van der Waals surface area (Å²) in [6.07, 6.45) is 1.34. The monoisotopic (exact) mass is 467 g/mol. The number of nitrogens with zero attached hydrogens (tertiary/aromatic N) is 2. The molecule has 0 aliphatic carbocycles. The van der Waals surface area contributed by atoms with Gasteiger partial charge in [-0.15, -0.1) is 24.0 Å². The molecule has 0 amide bonds. The molecule has 1 heterocycles. The van der Waals surface area contributed by atoms with Crippen molar-refractivity contribution in [3.05, 3.63) is 29.3 Å². The summed E-state index contributed by atoms with van der Waals surface area (Å²) in [5.74, 6) is 1.53. The Morgan fingerprint density at radius 1 is 1.46 bits per heavy atom. The van der Waals surface area contributed by atoms with Crippen LogP contribution in [0.5, 0.6) is 5.75 Å². The molecule has 1 unspecified atom stereocenters. The van der Waals surface area contributed by atoms with E-state index in [0.717, 1.165) is 31.9 Å². The van der Waals surface area contributed by atoms with E-state index in [1.807, 2.05) is 31.2 Å². The van der Waals surface area contributed by atoms with E-state index in [2.05, 4.69) is 22.1 Å². The number of ether oxygens (including phenoxy) is 1. The second kappa shape index (κ2) is 11.0. The van der Waals surface area contributed by atoms with Crippen molar-refractivity contribution in [3.63, 3.8) is 0 Å². The van der Waals surface area contributed by atoms with E-state index in [4.69, 9.17) is 16.3 Å². The van der Waals surface area contributed by atoms with Gasteiger partial charge in [-0.05, 0) is 31.9 Å². The Labute approximate surface area is 166 Å². The van der Waals surface area contributed by atoms with Gasteiger partial charge in [0, 0.05) is 19.6 Å². The summed E-state index contributed by atoms with van der Waals surface area (Å²) in [5, 5.41) is 13.6. The second-order valence-electron chi connectivity index (χ2n) is 5.66. The van der Waals surface area contributed by atoms with Crippen molar-refractivity contribution >= 4 is 41.5 Å². The summed E-state index contributed by atoms with van der Waals surface area (Å²) in [7, 11) is 0. The molecule has 1 aliphatic rings. The van der Waals surface area contributed by atoms with Crippen molar-refractivity contribution in [2.24, 2.45) is 4.99 Å². The van der Waals surface area contributed by atoms with Crippen LogP contribution in [0, 0.1) is 0 Å². The number of hydrogen-bond donors (Lipinski definition) is 2. The highest BCUT2D eigenvalue weighted by atomic mass is 127. The van der Waals surface area contributed by atoms with Crippen LogP contribution in [0.4, 0.5) is 0 Å². The molecule has 0 bridgehead atoms. The molecule has 1 aromatic carbocycles. The van der Waals surface area contributed by atoms with Gasteiger partial charge in [-0.25, -0.2) is 4.99 Å². The molecule has 1 saturated heterocycles. The highest BCUT2D eigenvalue weighted by molar-refractivity contribution is 14.0. The molecule has 5 nitrogen and oxygen atoms in total. The van der Waals surface area contributed by atoms with Crippen LogP contribution in [-0.4, -0.2) is 54.4 Å². The smallest absolute Gasteiger partial charge is 0.194 e. The van der Waals surface area contributed by atoms with Crippen LogP contribution in [0.1, 0.15) is 26.7 Å². The molecule has 7 heteroatoms. The molecule has 24 heavy (non-hydrogen) atoms. The summed E-state index contributed by atoms with van der Waals surface area (Å²) in [4.78, 5) is 6.77. The molecule has 0 spiro atoms. The van der Waals surface area contributed by atoms with Gasteiger partial charge in [0.05, 0.1) is 17.7 Å². The third-order valence-corrected chi connectivity index (χ3v) is 4.14. The number of hydrogen-bond acceptors (Lipinski definition) is 3. The van der Waals surface area contributed by atoms with Crippen molar-refractivity contribution in [2.75, 3.05) is 26.2 Å². The van der Waals surface area contributed by atoms with Crippen LogP contribution in [0.2, 0.25) is 5.02 Å². The lowest BCUT2D eigenvalue weighted by atomic mass is 10.2. The number of aliphatic hydroxyl groups is 1. The third-order valence-electron chi connectivity index (χ3n) is 3.83. The fourth-order valence-electron chi connectivity index (χ4n) is 2.52. The molecule has 1 aliphatic heterocycles. The van der Waals surface area contributed by atoms with Crippen LogP contribution >= 0.6 is 35.6 Å². The Kier molecular flexibility index (Phi) is 9.76. The molecule has 2 rings (SSSR count). The highest BCUT2D eigenvalue weighted by Crippen LogP contribution is 2.24. The number of para-hydroxylation sites is 1. The minimum atomic E-state index is -0.264.